The van der Waals surface area contributed by atoms with E-state index < -0.39 is 0 Å². The van der Waals surface area contributed by atoms with Gasteiger partial charge in [-0.3, -0.25) is 0 Å². The van der Waals surface area contributed by atoms with Gasteiger partial charge in [-0.15, -0.1) is 0 Å². The first kappa shape index (κ1) is 3.51. The first-order valence-electron chi connectivity index (χ1n) is 1.95. The summed E-state index contributed by atoms with van der Waals surface area (Å²) in [7, 11) is 4.01. The van der Waals surface area contributed by atoms with Crippen molar-refractivity contribution >= 4 is 0 Å². The van der Waals surface area contributed by atoms with Gasteiger partial charge in [0.2, 0.25) is 0 Å². The second kappa shape index (κ2) is 0.889. The first-order valence-corrected chi connectivity index (χ1v) is 1.95. The monoisotopic (exact) mass is 81.1 g/mol. The second-order valence-corrected chi connectivity index (χ2v) is 1.57. The highest BCUT2D eigenvalue weighted by Gasteiger charge is 1.98. The molecule has 1 nitrogen and oxygen atoms in total. The molecule has 0 aromatic rings. The summed E-state index contributed by atoms with van der Waals surface area (Å²) in [5.41, 5.74) is 4.17. The third-order valence-electron chi connectivity index (χ3n) is 0.755. The fraction of sp³-hybridized carbons (Fsp3) is 0.400. The molecule has 1 rings (SSSR count). The number of likely N-dealkylation sites (N-methyl/N-ethyl adjacent to an activating group) is 1. The Labute approximate surface area is 37.6 Å². The van der Waals surface area contributed by atoms with Crippen LogP contribution in [0.2, 0.25) is 0 Å². The Bertz CT molecular complexity index is 116. The molecule has 32 valence electrons. The second-order valence-electron chi connectivity index (χ2n) is 1.57. The van der Waals surface area contributed by atoms with Crippen LogP contribution in [0.4, 0.5) is 0 Å². The van der Waals surface area contributed by atoms with Crippen molar-refractivity contribution in [3.05, 3.63) is 17.5 Å². The quantitative estimate of drug-likeness (QED) is 0.418. The Hall–Kier alpha value is -0.680. The van der Waals surface area contributed by atoms with Crippen molar-refractivity contribution in [3.8, 4) is 0 Å². The SMILES string of the molecule is CN(C)C1=C=C1. The Morgan fingerprint density at radius 3 is 2.17 bits per heavy atom. The molecule has 0 fully saturated rings. The predicted octanol–water partition coefficient (Wildman–Crippen LogP) is 0.601. The third-order valence-corrected chi connectivity index (χ3v) is 0.755. The van der Waals surface area contributed by atoms with Gasteiger partial charge in [0.15, 0.2) is 0 Å². The molecule has 0 unspecified atom stereocenters. The largest absolute Gasteiger partial charge is 0.371 e. The lowest BCUT2D eigenvalue weighted by molar-refractivity contribution is 0.543. The Morgan fingerprint density at radius 1 is 1.67 bits per heavy atom. The highest BCUT2D eigenvalue weighted by Crippen LogP contribution is 2.06. The Morgan fingerprint density at radius 2 is 2.17 bits per heavy atom. The van der Waals surface area contributed by atoms with Crippen molar-refractivity contribution in [1.82, 2.24) is 4.90 Å². The maximum Gasteiger partial charge on any atom is 0.0874 e. The molecule has 0 saturated heterocycles. The lowest BCUT2D eigenvalue weighted by Gasteiger charge is -2.01. The summed E-state index contributed by atoms with van der Waals surface area (Å²) in [6.45, 7) is 0. The zero-order valence-corrected chi connectivity index (χ0v) is 4.02. The van der Waals surface area contributed by atoms with Crippen LogP contribution in [0.15, 0.2) is 17.5 Å². The minimum Gasteiger partial charge on any atom is -0.371 e. The van der Waals surface area contributed by atoms with E-state index in [-0.39, 0.29) is 0 Å². The van der Waals surface area contributed by atoms with Crippen molar-refractivity contribution < 1.29 is 0 Å². The molecule has 0 heterocycles. The smallest absolute Gasteiger partial charge is 0.0874 e. The van der Waals surface area contributed by atoms with Crippen LogP contribution >= 0.6 is 0 Å². The molecule has 0 atom stereocenters. The van der Waals surface area contributed by atoms with E-state index in [1.54, 1.807) is 0 Å². The van der Waals surface area contributed by atoms with E-state index in [0.29, 0.717) is 0 Å². The maximum absolute atomic E-state index is 2.95. The third kappa shape index (κ3) is 0.447. The van der Waals surface area contributed by atoms with Gasteiger partial charge < -0.3 is 4.90 Å². The Kier molecular flexibility index (Phi) is 0.520. The summed E-state index contributed by atoms with van der Waals surface area (Å²) < 4.78 is 0. The van der Waals surface area contributed by atoms with E-state index >= 15 is 0 Å². The van der Waals surface area contributed by atoms with Crippen LogP contribution in [-0.2, 0) is 0 Å². The molecule has 1 aliphatic carbocycles. The molecule has 0 aromatic heterocycles. The summed E-state index contributed by atoms with van der Waals surface area (Å²) >= 11 is 0. The van der Waals surface area contributed by atoms with Crippen LogP contribution in [0.5, 0.6) is 0 Å². The van der Waals surface area contributed by atoms with Crippen LogP contribution in [0.3, 0.4) is 0 Å². The molecule has 0 radical (unpaired) electrons. The molecule has 6 heavy (non-hydrogen) atoms. The fourth-order valence-electron chi connectivity index (χ4n) is 0.290. The summed E-state index contributed by atoms with van der Waals surface area (Å²) in [5, 5.41) is 0. The topological polar surface area (TPSA) is 3.24 Å². The normalized spacial score (nSPS) is 14.0. The van der Waals surface area contributed by atoms with Gasteiger partial charge in [0.05, 0.1) is 5.70 Å². The van der Waals surface area contributed by atoms with E-state index in [9.17, 15) is 0 Å². The van der Waals surface area contributed by atoms with E-state index in [1.807, 2.05) is 25.1 Å². The summed E-state index contributed by atoms with van der Waals surface area (Å²) in [6.07, 6.45) is 1.96. The average molecular weight is 81.1 g/mol. The molecule has 0 spiro atoms. The highest BCUT2D eigenvalue weighted by molar-refractivity contribution is 5.28. The van der Waals surface area contributed by atoms with E-state index in [4.69, 9.17) is 0 Å². The van der Waals surface area contributed by atoms with Gasteiger partial charge in [-0.2, -0.15) is 0 Å². The zero-order valence-electron chi connectivity index (χ0n) is 4.02. The molecule has 1 aliphatic rings. The molecular weight excluding hydrogens is 74.1 g/mol. The summed E-state index contributed by atoms with van der Waals surface area (Å²) in [4.78, 5) is 2.03. The van der Waals surface area contributed by atoms with Gasteiger partial charge in [-0.05, 0) is 0 Å². The van der Waals surface area contributed by atoms with Gasteiger partial charge in [-0.1, -0.05) is 5.73 Å². The van der Waals surface area contributed by atoms with Crippen molar-refractivity contribution in [2.75, 3.05) is 14.1 Å². The number of hydrogen-bond donors (Lipinski definition) is 0. The lowest BCUT2D eigenvalue weighted by Crippen LogP contribution is -2.02. The van der Waals surface area contributed by atoms with Crippen molar-refractivity contribution in [2.45, 2.75) is 0 Å². The number of hydrogen-bond acceptors (Lipinski definition) is 1. The van der Waals surface area contributed by atoms with Gasteiger partial charge in [0.1, 0.15) is 0 Å². The van der Waals surface area contributed by atoms with E-state index in [0.717, 1.165) is 0 Å². The van der Waals surface area contributed by atoms with Crippen molar-refractivity contribution in [3.63, 3.8) is 0 Å². The van der Waals surface area contributed by atoms with Gasteiger partial charge in [0, 0.05) is 20.2 Å². The van der Waals surface area contributed by atoms with Gasteiger partial charge in [-0.25, -0.2) is 0 Å². The minimum absolute atomic E-state index is 1.22. The van der Waals surface area contributed by atoms with E-state index in [1.165, 1.54) is 5.70 Å². The lowest BCUT2D eigenvalue weighted by atomic mass is 10.7. The number of rotatable bonds is 1. The maximum atomic E-state index is 2.95. The van der Waals surface area contributed by atoms with Gasteiger partial charge >= 0.3 is 0 Å². The summed E-state index contributed by atoms with van der Waals surface area (Å²) in [5.74, 6) is 0. The highest BCUT2D eigenvalue weighted by atomic mass is 15.1. The molecule has 0 amide bonds. The zero-order chi connectivity index (χ0) is 4.57. The van der Waals surface area contributed by atoms with Crippen LogP contribution in [-0.4, -0.2) is 19.0 Å². The predicted molar refractivity (Wildman–Crippen MR) is 25.3 cm³/mol. The van der Waals surface area contributed by atoms with Crippen LogP contribution in [0, 0.1) is 0 Å². The molecule has 0 bridgehead atoms. The molecule has 0 aromatic carbocycles. The molecule has 0 saturated carbocycles. The Balaban J connectivity index is 2.35. The first-order chi connectivity index (χ1) is 2.80. The average Bonchev–Trinajstić information content (AvgIpc) is 2.06. The molecule has 0 aliphatic heterocycles. The molecule has 0 N–H and O–H groups in total. The van der Waals surface area contributed by atoms with Crippen LogP contribution in [0.1, 0.15) is 0 Å². The van der Waals surface area contributed by atoms with E-state index in [2.05, 4.69) is 5.73 Å². The standard InChI is InChI=1S/C5H7N/c1-6(2)5-3-4-5/h3H,1-2H3. The fourth-order valence-corrected chi connectivity index (χ4v) is 0.290. The molecular formula is C5H7N. The minimum atomic E-state index is 1.22. The molecule has 1 heteroatoms. The number of nitrogens with zero attached hydrogens (tertiary/aromatic N) is 1. The van der Waals surface area contributed by atoms with Crippen LogP contribution < -0.4 is 0 Å². The van der Waals surface area contributed by atoms with Crippen molar-refractivity contribution in [1.29, 1.82) is 0 Å². The van der Waals surface area contributed by atoms with Crippen LogP contribution in [0.25, 0.3) is 0 Å². The van der Waals surface area contributed by atoms with Crippen molar-refractivity contribution in [2.24, 2.45) is 0 Å². The summed E-state index contributed by atoms with van der Waals surface area (Å²) in [6, 6.07) is 0. The van der Waals surface area contributed by atoms with Gasteiger partial charge in [0.25, 0.3) is 0 Å².